The zero-order valence-corrected chi connectivity index (χ0v) is 12.9. The number of aromatic nitrogens is 3. The van der Waals surface area contributed by atoms with Gasteiger partial charge in [0.25, 0.3) is 0 Å². The van der Waals surface area contributed by atoms with Gasteiger partial charge in [-0.25, -0.2) is 9.78 Å². The number of nitrogens with zero attached hydrogens (tertiary/aromatic N) is 3. The van der Waals surface area contributed by atoms with Gasteiger partial charge in [-0.3, -0.25) is 0 Å². The van der Waals surface area contributed by atoms with Crippen LogP contribution < -0.4 is 5.73 Å². The monoisotopic (exact) mass is 328 g/mol. The number of hydrogen-bond acceptors (Lipinski definition) is 7. The highest BCUT2D eigenvalue weighted by Crippen LogP contribution is 2.25. The fraction of sp³-hybridized carbons (Fsp3) is 0.188. The van der Waals surface area contributed by atoms with Crippen LogP contribution in [0.2, 0.25) is 0 Å². The molecule has 1 unspecified atom stereocenters. The molecule has 124 valence electrons. The third-order valence-corrected chi connectivity index (χ3v) is 3.70. The molecular formula is C16H16N4O4. The quantitative estimate of drug-likeness (QED) is 0.615. The topological polar surface area (TPSA) is 123 Å². The molecule has 0 saturated carbocycles. The number of fused-ring (bicyclic) bond motifs is 1. The first-order valence-corrected chi connectivity index (χ1v) is 7.17. The molecule has 0 fully saturated rings. The molecule has 1 atom stereocenters. The van der Waals surface area contributed by atoms with E-state index in [1.165, 1.54) is 7.11 Å². The van der Waals surface area contributed by atoms with Crippen LogP contribution in [0.1, 0.15) is 22.0 Å². The molecule has 0 amide bonds. The van der Waals surface area contributed by atoms with Crippen LogP contribution in [0.25, 0.3) is 11.0 Å². The van der Waals surface area contributed by atoms with Gasteiger partial charge in [0.05, 0.1) is 30.8 Å². The van der Waals surface area contributed by atoms with Crippen molar-refractivity contribution < 1.29 is 19.7 Å². The fourth-order valence-corrected chi connectivity index (χ4v) is 2.51. The molecule has 24 heavy (non-hydrogen) atoms. The summed E-state index contributed by atoms with van der Waals surface area (Å²) in [5.74, 6) is -0.695. The van der Waals surface area contributed by atoms with E-state index in [1.54, 1.807) is 41.1 Å². The minimum atomic E-state index is -0.843. The summed E-state index contributed by atoms with van der Waals surface area (Å²) >= 11 is 0. The van der Waals surface area contributed by atoms with Gasteiger partial charge in [0, 0.05) is 6.20 Å². The molecule has 0 radical (unpaired) electrons. The Hall–Kier alpha value is -3.13. The van der Waals surface area contributed by atoms with Crippen molar-refractivity contribution >= 4 is 23.0 Å². The second-order valence-electron chi connectivity index (χ2n) is 5.24. The van der Waals surface area contributed by atoms with E-state index >= 15 is 0 Å². The van der Waals surface area contributed by atoms with Crippen LogP contribution in [-0.4, -0.2) is 37.8 Å². The van der Waals surface area contributed by atoms with Crippen LogP contribution in [0, 0.1) is 0 Å². The highest BCUT2D eigenvalue weighted by atomic mass is 16.5. The lowest BCUT2D eigenvalue weighted by atomic mass is 10.1. The van der Waals surface area contributed by atoms with Gasteiger partial charge < -0.3 is 25.3 Å². The van der Waals surface area contributed by atoms with Crippen LogP contribution in [0.5, 0.6) is 5.88 Å². The van der Waals surface area contributed by atoms with E-state index in [0.29, 0.717) is 22.2 Å². The molecule has 0 saturated heterocycles. The third kappa shape index (κ3) is 2.86. The van der Waals surface area contributed by atoms with Gasteiger partial charge in [0.2, 0.25) is 11.8 Å². The average molecular weight is 328 g/mol. The van der Waals surface area contributed by atoms with E-state index < -0.39 is 12.1 Å². The average Bonchev–Trinajstić information content (AvgIpc) is 2.97. The summed E-state index contributed by atoms with van der Waals surface area (Å²) in [6, 6.07) is 8.15. The first-order valence-electron chi connectivity index (χ1n) is 7.17. The first kappa shape index (κ1) is 15.8. The highest BCUT2D eigenvalue weighted by molar-refractivity contribution is 5.89. The number of rotatable bonds is 4. The number of ether oxygens (including phenoxy) is 1. The van der Waals surface area contributed by atoms with Gasteiger partial charge in [0.1, 0.15) is 5.52 Å². The van der Waals surface area contributed by atoms with Crippen molar-refractivity contribution in [2.24, 2.45) is 0 Å². The molecule has 8 heteroatoms. The zero-order valence-electron chi connectivity index (χ0n) is 12.9. The standard InChI is InChI=1S/C16H16N4O4/c1-24-15(23)10-4-2-9(3-5-10)12(21)8-20-7-6-11-13(20)14(22)19-16(17)18-11/h2-7,12,21H,8H2,1H3,(H3,17,18,19,22). The van der Waals surface area contributed by atoms with E-state index in [1.807, 2.05) is 0 Å². The molecule has 8 nitrogen and oxygen atoms in total. The summed E-state index contributed by atoms with van der Waals surface area (Å²) in [5.41, 5.74) is 7.42. The van der Waals surface area contributed by atoms with Gasteiger partial charge in [-0.05, 0) is 23.8 Å². The SMILES string of the molecule is COC(=O)c1ccc(C(O)Cn2ccc3nc(N)nc(O)c32)cc1. The predicted molar refractivity (Wildman–Crippen MR) is 86.3 cm³/mol. The van der Waals surface area contributed by atoms with Crippen molar-refractivity contribution in [2.75, 3.05) is 12.8 Å². The number of methoxy groups -OCH3 is 1. The summed E-state index contributed by atoms with van der Waals surface area (Å²) in [4.78, 5) is 19.2. The fourth-order valence-electron chi connectivity index (χ4n) is 2.51. The Morgan fingerprint density at radius 2 is 2.00 bits per heavy atom. The van der Waals surface area contributed by atoms with E-state index in [-0.39, 0.29) is 18.4 Å². The highest BCUT2D eigenvalue weighted by Gasteiger charge is 2.15. The van der Waals surface area contributed by atoms with Crippen LogP contribution in [0.4, 0.5) is 5.95 Å². The van der Waals surface area contributed by atoms with Crippen molar-refractivity contribution in [1.82, 2.24) is 14.5 Å². The maximum absolute atomic E-state index is 11.4. The number of aromatic hydroxyl groups is 1. The normalized spacial score (nSPS) is 12.2. The van der Waals surface area contributed by atoms with Crippen LogP contribution in [-0.2, 0) is 11.3 Å². The van der Waals surface area contributed by atoms with E-state index in [9.17, 15) is 15.0 Å². The van der Waals surface area contributed by atoms with Gasteiger partial charge in [0.15, 0.2) is 0 Å². The number of nitrogens with two attached hydrogens (primary N) is 1. The molecule has 4 N–H and O–H groups in total. The van der Waals surface area contributed by atoms with E-state index in [0.717, 1.165) is 0 Å². The Balaban J connectivity index is 1.85. The number of aliphatic hydroxyl groups is 1. The molecule has 0 spiro atoms. The maximum atomic E-state index is 11.4. The molecular weight excluding hydrogens is 312 g/mol. The molecule has 0 aliphatic rings. The summed E-state index contributed by atoms with van der Waals surface area (Å²) in [6.45, 7) is 0.182. The number of hydrogen-bond donors (Lipinski definition) is 3. The first-order chi connectivity index (χ1) is 11.5. The van der Waals surface area contributed by atoms with E-state index in [2.05, 4.69) is 14.7 Å². The van der Waals surface area contributed by atoms with Crippen molar-refractivity contribution in [3.8, 4) is 5.88 Å². The van der Waals surface area contributed by atoms with Gasteiger partial charge in [-0.1, -0.05) is 12.1 Å². The maximum Gasteiger partial charge on any atom is 0.337 e. The van der Waals surface area contributed by atoms with Crippen molar-refractivity contribution in [3.63, 3.8) is 0 Å². The Labute approximate surface area is 137 Å². The van der Waals surface area contributed by atoms with Gasteiger partial charge >= 0.3 is 5.97 Å². The lowest BCUT2D eigenvalue weighted by Crippen LogP contribution is -2.09. The Bertz CT molecular complexity index is 889. The van der Waals surface area contributed by atoms with Crippen molar-refractivity contribution in [2.45, 2.75) is 12.6 Å². The Morgan fingerprint density at radius 3 is 2.67 bits per heavy atom. The Morgan fingerprint density at radius 1 is 1.29 bits per heavy atom. The third-order valence-electron chi connectivity index (χ3n) is 3.70. The molecule has 0 aliphatic heterocycles. The van der Waals surface area contributed by atoms with Crippen LogP contribution in [0.15, 0.2) is 36.5 Å². The summed E-state index contributed by atoms with van der Waals surface area (Å²) in [5, 5.41) is 20.3. The van der Waals surface area contributed by atoms with Gasteiger partial charge in [-0.15, -0.1) is 0 Å². The number of nitrogen functional groups attached to an aromatic ring is 1. The summed E-state index contributed by atoms with van der Waals surface area (Å²) in [7, 11) is 1.31. The second kappa shape index (κ2) is 6.17. The Kier molecular flexibility index (Phi) is 4.05. The number of aliphatic hydroxyl groups excluding tert-OH is 1. The molecule has 0 bridgehead atoms. The summed E-state index contributed by atoms with van der Waals surface area (Å²) < 4.78 is 6.28. The summed E-state index contributed by atoms with van der Waals surface area (Å²) in [6.07, 6.45) is 0.842. The lowest BCUT2D eigenvalue weighted by Gasteiger charge is -2.13. The van der Waals surface area contributed by atoms with Crippen molar-refractivity contribution in [1.29, 1.82) is 0 Å². The van der Waals surface area contributed by atoms with Crippen LogP contribution >= 0.6 is 0 Å². The molecule has 2 heterocycles. The lowest BCUT2D eigenvalue weighted by molar-refractivity contribution is 0.0600. The van der Waals surface area contributed by atoms with Gasteiger partial charge in [-0.2, -0.15) is 4.98 Å². The molecule has 2 aromatic heterocycles. The smallest absolute Gasteiger partial charge is 0.337 e. The number of carbonyl (C=O) groups excluding carboxylic acids is 1. The molecule has 3 aromatic rings. The largest absolute Gasteiger partial charge is 0.492 e. The zero-order chi connectivity index (χ0) is 17.3. The predicted octanol–water partition coefficient (Wildman–Crippen LogP) is 1.24. The molecule has 0 aliphatic carbocycles. The number of benzene rings is 1. The van der Waals surface area contributed by atoms with Crippen molar-refractivity contribution in [3.05, 3.63) is 47.7 Å². The van der Waals surface area contributed by atoms with Crippen LogP contribution in [0.3, 0.4) is 0 Å². The second-order valence-corrected chi connectivity index (χ2v) is 5.24. The minimum absolute atomic E-state index is 0.0169. The number of esters is 1. The number of anilines is 1. The minimum Gasteiger partial charge on any atom is -0.492 e. The molecule has 1 aromatic carbocycles. The molecule has 3 rings (SSSR count). The van der Waals surface area contributed by atoms with E-state index in [4.69, 9.17) is 5.73 Å². The number of carbonyl (C=O) groups is 1.